The van der Waals surface area contributed by atoms with Gasteiger partial charge < -0.3 is 4.74 Å². The Morgan fingerprint density at radius 2 is 1.86 bits per heavy atom. The summed E-state index contributed by atoms with van der Waals surface area (Å²) in [6, 6.07) is 19.3. The normalized spacial score (nSPS) is 10.3. The maximum Gasteiger partial charge on any atom is 0.237 e. The minimum absolute atomic E-state index is 0.341. The fourth-order valence-corrected chi connectivity index (χ4v) is 2.42. The van der Waals surface area contributed by atoms with Crippen LogP contribution >= 0.6 is 11.8 Å². The third-order valence-corrected chi connectivity index (χ3v) is 3.83. The number of rotatable bonds is 3. The van der Waals surface area contributed by atoms with E-state index in [0.717, 1.165) is 15.8 Å². The summed E-state index contributed by atoms with van der Waals surface area (Å²) in [7, 11) is 0. The Kier molecular flexibility index (Phi) is 3.76. The standard InChI is InChI=1S/C17H12N2OS/c1-21-15-8-6-14(7-9-15)20-17-13(11-18)10-12-4-2-3-5-16(12)19-17/h2-10H,1H3. The van der Waals surface area contributed by atoms with Gasteiger partial charge in [-0.25, -0.2) is 4.98 Å². The molecular formula is C17H12N2OS. The number of pyridine rings is 1. The van der Waals surface area contributed by atoms with E-state index >= 15 is 0 Å². The predicted molar refractivity (Wildman–Crippen MR) is 84.8 cm³/mol. The topological polar surface area (TPSA) is 45.9 Å². The molecule has 0 radical (unpaired) electrons. The highest BCUT2D eigenvalue weighted by atomic mass is 32.2. The van der Waals surface area contributed by atoms with Crippen LogP contribution in [-0.2, 0) is 0 Å². The smallest absolute Gasteiger partial charge is 0.237 e. The monoisotopic (exact) mass is 292 g/mol. The van der Waals surface area contributed by atoms with E-state index in [4.69, 9.17) is 4.74 Å². The number of para-hydroxylation sites is 1. The fraction of sp³-hybridized carbons (Fsp3) is 0.0588. The van der Waals surface area contributed by atoms with Gasteiger partial charge in [-0.2, -0.15) is 5.26 Å². The lowest BCUT2D eigenvalue weighted by atomic mass is 10.1. The average Bonchev–Trinajstić information content (AvgIpc) is 2.55. The molecule has 102 valence electrons. The molecule has 3 aromatic rings. The molecule has 3 rings (SSSR count). The second-order valence-corrected chi connectivity index (χ2v) is 5.30. The molecule has 0 unspecified atom stereocenters. The second-order valence-electron chi connectivity index (χ2n) is 4.42. The van der Waals surface area contributed by atoms with E-state index in [1.807, 2.05) is 54.8 Å². The molecule has 1 aromatic heterocycles. The van der Waals surface area contributed by atoms with Gasteiger partial charge in [0.25, 0.3) is 0 Å². The molecule has 21 heavy (non-hydrogen) atoms. The maximum absolute atomic E-state index is 9.26. The first-order chi connectivity index (χ1) is 10.3. The van der Waals surface area contributed by atoms with E-state index in [0.29, 0.717) is 17.2 Å². The molecule has 3 nitrogen and oxygen atoms in total. The number of hydrogen-bond donors (Lipinski definition) is 0. The largest absolute Gasteiger partial charge is 0.438 e. The summed E-state index contributed by atoms with van der Waals surface area (Å²) >= 11 is 1.67. The average molecular weight is 292 g/mol. The Hall–Kier alpha value is -2.51. The highest BCUT2D eigenvalue weighted by Gasteiger charge is 2.09. The van der Waals surface area contributed by atoms with Gasteiger partial charge in [0.05, 0.1) is 5.52 Å². The first-order valence-electron chi connectivity index (χ1n) is 6.42. The number of hydrogen-bond acceptors (Lipinski definition) is 4. The lowest BCUT2D eigenvalue weighted by Crippen LogP contribution is -1.93. The molecule has 0 spiro atoms. The van der Waals surface area contributed by atoms with Crippen molar-refractivity contribution in [3.63, 3.8) is 0 Å². The van der Waals surface area contributed by atoms with Gasteiger partial charge in [-0.15, -0.1) is 11.8 Å². The number of nitrogens with zero attached hydrogens (tertiary/aromatic N) is 2. The van der Waals surface area contributed by atoms with E-state index in [2.05, 4.69) is 11.1 Å². The maximum atomic E-state index is 9.26. The van der Waals surface area contributed by atoms with Crippen molar-refractivity contribution in [2.24, 2.45) is 0 Å². The Labute approximate surface area is 127 Å². The summed E-state index contributed by atoms with van der Waals surface area (Å²) in [6.07, 6.45) is 2.02. The SMILES string of the molecule is CSc1ccc(Oc2nc3ccccc3cc2C#N)cc1. The Morgan fingerprint density at radius 3 is 2.57 bits per heavy atom. The molecule has 0 saturated heterocycles. The third kappa shape index (κ3) is 2.83. The van der Waals surface area contributed by atoms with E-state index in [1.165, 1.54) is 0 Å². The van der Waals surface area contributed by atoms with Crippen molar-refractivity contribution in [2.75, 3.05) is 6.26 Å². The van der Waals surface area contributed by atoms with Crippen LogP contribution in [0.1, 0.15) is 5.56 Å². The molecule has 0 N–H and O–H groups in total. The van der Waals surface area contributed by atoms with Crippen molar-refractivity contribution in [1.82, 2.24) is 4.98 Å². The Morgan fingerprint density at radius 1 is 1.10 bits per heavy atom. The summed E-state index contributed by atoms with van der Waals surface area (Å²) in [4.78, 5) is 5.60. The van der Waals surface area contributed by atoms with Crippen molar-refractivity contribution >= 4 is 22.7 Å². The van der Waals surface area contributed by atoms with Gasteiger partial charge >= 0.3 is 0 Å². The van der Waals surface area contributed by atoms with E-state index in [9.17, 15) is 5.26 Å². The summed E-state index contributed by atoms with van der Waals surface area (Å²) in [5, 5.41) is 10.2. The lowest BCUT2D eigenvalue weighted by Gasteiger charge is -2.08. The zero-order valence-electron chi connectivity index (χ0n) is 11.4. The van der Waals surface area contributed by atoms with Crippen LogP contribution in [0.15, 0.2) is 59.5 Å². The molecule has 0 amide bonds. The van der Waals surface area contributed by atoms with Crippen molar-refractivity contribution in [1.29, 1.82) is 5.26 Å². The van der Waals surface area contributed by atoms with Gasteiger partial charge in [0, 0.05) is 10.3 Å². The van der Waals surface area contributed by atoms with Gasteiger partial charge in [0.15, 0.2) is 0 Å². The summed E-state index contributed by atoms with van der Waals surface area (Å²) in [5.41, 5.74) is 1.25. The predicted octanol–water partition coefficient (Wildman–Crippen LogP) is 4.62. The fourth-order valence-electron chi connectivity index (χ4n) is 2.01. The number of fused-ring (bicyclic) bond motifs is 1. The molecule has 0 bridgehead atoms. The number of aromatic nitrogens is 1. The van der Waals surface area contributed by atoms with Crippen molar-refractivity contribution in [3.05, 3.63) is 60.2 Å². The zero-order valence-corrected chi connectivity index (χ0v) is 12.2. The van der Waals surface area contributed by atoms with E-state index in [1.54, 1.807) is 17.8 Å². The van der Waals surface area contributed by atoms with Crippen LogP contribution in [0.3, 0.4) is 0 Å². The Balaban J connectivity index is 2.00. The summed E-state index contributed by atoms with van der Waals surface area (Å²) in [6.45, 7) is 0. The Bertz CT molecular complexity index is 822. The zero-order chi connectivity index (χ0) is 14.7. The van der Waals surface area contributed by atoms with Crippen LogP contribution in [0.5, 0.6) is 11.6 Å². The minimum Gasteiger partial charge on any atom is -0.438 e. The minimum atomic E-state index is 0.341. The van der Waals surface area contributed by atoms with E-state index in [-0.39, 0.29) is 0 Å². The second kappa shape index (κ2) is 5.86. The molecule has 2 aromatic carbocycles. The van der Waals surface area contributed by atoms with Gasteiger partial charge in [0.2, 0.25) is 5.88 Å². The lowest BCUT2D eigenvalue weighted by molar-refractivity contribution is 0.463. The molecule has 1 heterocycles. The quantitative estimate of drug-likeness (QED) is 0.661. The first kappa shape index (κ1) is 13.5. The third-order valence-electron chi connectivity index (χ3n) is 3.08. The van der Waals surface area contributed by atoms with Crippen LogP contribution in [-0.4, -0.2) is 11.2 Å². The molecule has 0 fully saturated rings. The van der Waals surface area contributed by atoms with Crippen LogP contribution < -0.4 is 4.74 Å². The van der Waals surface area contributed by atoms with Crippen LogP contribution in [0, 0.1) is 11.3 Å². The summed E-state index contributed by atoms with van der Waals surface area (Å²) < 4.78 is 5.77. The summed E-state index contributed by atoms with van der Waals surface area (Å²) in [5.74, 6) is 1.01. The molecule has 4 heteroatoms. The highest BCUT2D eigenvalue weighted by Crippen LogP contribution is 2.27. The van der Waals surface area contributed by atoms with Gasteiger partial charge in [-0.1, -0.05) is 18.2 Å². The van der Waals surface area contributed by atoms with Crippen LogP contribution in [0.2, 0.25) is 0 Å². The molecular weight excluding hydrogens is 280 g/mol. The van der Waals surface area contributed by atoms with E-state index < -0.39 is 0 Å². The van der Waals surface area contributed by atoms with Crippen molar-refractivity contribution in [2.45, 2.75) is 4.90 Å². The molecule has 0 aliphatic heterocycles. The van der Waals surface area contributed by atoms with Gasteiger partial charge in [-0.3, -0.25) is 0 Å². The molecule has 0 aliphatic rings. The number of thioether (sulfide) groups is 1. The molecule has 0 aliphatic carbocycles. The molecule has 0 atom stereocenters. The van der Waals surface area contributed by atoms with Crippen LogP contribution in [0.4, 0.5) is 0 Å². The van der Waals surface area contributed by atoms with Crippen molar-refractivity contribution < 1.29 is 4.74 Å². The number of ether oxygens (including phenoxy) is 1. The van der Waals surface area contributed by atoms with Gasteiger partial charge in [0.1, 0.15) is 17.4 Å². The first-order valence-corrected chi connectivity index (χ1v) is 7.64. The highest BCUT2D eigenvalue weighted by molar-refractivity contribution is 7.98. The van der Waals surface area contributed by atoms with Crippen LogP contribution in [0.25, 0.3) is 10.9 Å². The van der Waals surface area contributed by atoms with Gasteiger partial charge in [-0.05, 0) is 42.7 Å². The van der Waals surface area contributed by atoms with Crippen molar-refractivity contribution in [3.8, 4) is 17.7 Å². The molecule has 0 saturated carbocycles. The number of benzene rings is 2. The number of nitriles is 1.